The Balaban J connectivity index is 2.14. The van der Waals surface area contributed by atoms with E-state index in [0.717, 1.165) is 25.7 Å². The molecule has 1 radical (unpaired) electrons. The van der Waals surface area contributed by atoms with Gasteiger partial charge in [-0.2, -0.15) is 4.89 Å². The van der Waals surface area contributed by atoms with Gasteiger partial charge in [0.15, 0.2) is 0 Å². The van der Waals surface area contributed by atoms with Gasteiger partial charge in [0.2, 0.25) is 0 Å². The lowest BCUT2D eigenvalue weighted by molar-refractivity contribution is -0.241. The Bertz CT molecular complexity index is 411. The van der Waals surface area contributed by atoms with Gasteiger partial charge in [-0.15, -0.1) is 0 Å². The summed E-state index contributed by atoms with van der Waals surface area (Å²) in [6.45, 7) is 6.48. The number of rotatable bonds is 13. The quantitative estimate of drug-likeness (QED) is 0.266. The molecule has 0 bridgehead atoms. The van der Waals surface area contributed by atoms with Crippen LogP contribution in [0.25, 0.3) is 0 Å². The fourth-order valence-corrected chi connectivity index (χ4v) is 2.40. The molecule has 23 heavy (non-hydrogen) atoms. The Morgan fingerprint density at radius 3 is 2.35 bits per heavy atom. The van der Waals surface area contributed by atoms with Crippen LogP contribution in [-0.2, 0) is 16.2 Å². The van der Waals surface area contributed by atoms with Gasteiger partial charge in [-0.3, -0.25) is 4.89 Å². The first-order chi connectivity index (χ1) is 11.3. The highest BCUT2D eigenvalue weighted by atomic mass is 17.2. The van der Waals surface area contributed by atoms with Crippen LogP contribution in [0.3, 0.4) is 0 Å². The van der Waals surface area contributed by atoms with E-state index in [1.54, 1.807) is 0 Å². The van der Waals surface area contributed by atoms with Crippen molar-refractivity contribution >= 4 is 5.97 Å². The van der Waals surface area contributed by atoms with E-state index in [-0.39, 0.29) is 0 Å². The summed E-state index contributed by atoms with van der Waals surface area (Å²) in [6.07, 6.45) is 11.3. The highest BCUT2D eigenvalue weighted by Gasteiger charge is 2.08. The highest BCUT2D eigenvalue weighted by Crippen LogP contribution is 2.10. The highest BCUT2D eigenvalue weighted by molar-refractivity contribution is 5.88. The maximum Gasteiger partial charge on any atom is 0.373 e. The van der Waals surface area contributed by atoms with Crippen LogP contribution in [0.5, 0.6) is 0 Å². The van der Waals surface area contributed by atoms with E-state index in [4.69, 9.17) is 9.78 Å². The van der Waals surface area contributed by atoms with Crippen LogP contribution in [0.2, 0.25) is 0 Å². The first-order valence-corrected chi connectivity index (χ1v) is 9.00. The molecule has 0 aliphatic rings. The Labute approximate surface area is 141 Å². The molecule has 3 heteroatoms. The van der Waals surface area contributed by atoms with Crippen LogP contribution in [-0.4, -0.2) is 12.6 Å². The minimum atomic E-state index is -0.415. The van der Waals surface area contributed by atoms with Crippen LogP contribution in [0.1, 0.15) is 80.6 Å². The van der Waals surface area contributed by atoms with E-state index in [1.807, 2.05) is 24.3 Å². The second-order valence-electron chi connectivity index (χ2n) is 5.97. The minimum Gasteiger partial charge on any atom is -0.293 e. The van der Waals surface area contributed by atoms with Crippen molar-refractivity contribution in [1.29, 1.82) is 0 Å². The SMILES string of the molecule is [CH2]CCCCCCCOOC(=O)c1ccc(CCCCC)cc1. The second-order valence-corrected chi connectivity index (χ2v) is 5.97. The summed E-state index contributed by atoms with van der Waals surface area (Å²) >= 11 is 0. The van der Waals surface area contributed by atoms with Gasteiger partial charge >= 0.3 is 5.97 Å². The van der Waals surface area contributed by atoms with Crippen molar-refractivity contribution in [2.75, 3.05) is 6.61 Å². The first kappa shape index (κ1) is 19.7. The molecule has 0 spiro atoms. The zero-order valence-corrected chi connectivity index (χ0v) is 14.5. The van der Waals surface area contributed by atoms with E-state index < -0.39 is 5.97 Å². The average molecular weight is 319 g/mol. The number of unbranched alkanes of at least 4 members (excludes halogenated alkanes) is 7. The maximum atomic E-state index is 11.8. The molecule has 1 aromatic rings. The molecule has 0 aromatic heterocycles. The molecule has 1 rings (SSSR count). The van der Waals surface area contributed by atoms with E-state index in [9.17, 15) is 4.79 Å². The summed E-state index contributed by atoms with van der Waals surface area (Å²) in [4.78, 5) is 21.7. The molecule has 3 nitrogen and oxygen atoms in total. The fourth-order valence-electron chi connectivity index (χ4n) is 2.40. The maximum absolute atomic E-state index is 11.8. The van der Waals surface area contributed by atoms with Crippen molar-refractivity contribution in [2.24, 2.45) is 0 Å². The normalized spacial score (nSPS) is 10.7. The van der Waals surface area contributed by atoms with Gasteiger partial charge in [-0.05, 0) is 37.0 Å². The minimum absolute atomic E-state index is 0.415. The van der Waals surface area contributed by atoms with Crippen LogP contribution in [0.4, 0.5) is 0 Å². The summed E-state index contributed by atoms with van der Waals surface area (Å²) < 4.78 is 0. The summed E-state index contributed by atoms with van der Waals surface area (Å²) in [6, 6.07) is 7.61. The molecule has 129 valence electrons. The Morgan fingerprint density at radius 2 is 1.65 bits per heavy atom. The molecule has 0 saturated carbocycles. The molecule has 0 saturated heterocycles. The van der Waals surface area contributed by atoms with Crippen molar-refractivity contribution in [3.63, 3.8) is 0 Å². The molecule has 0 aliphatic carbocycles. The molecule has 0 amide bonds. The van der Waals surface area contributed by atoms with E-state index in [0.29, 0.717) is 12.2 Å². The third-order valence-corrected chi connectivity index (χ3v) is 3.87. The molecular weight excluding hydrogens is 288 g/mol. The van der Waals surface area contributed by atoms with Gasteiger partial charge in [0.05, 0.1) is 12.2 Å². The third kappa shape index (κ3) is 9.39. The smallest absolute Gasteiger partial charge is 0.293 e. The Kier molecular flexibility index (Phi) is 11.2. The number of benzene rings is 1. The molecule has 0 fully saturated rings. The molecular formula is C20H31O3. The van der Waals surface area contributed by atoms with E-state index in [2.05, 4.69) is 13.8 Å². The van der Waals surface area contributed by atoms with Gasteiger partial charge in [0.25, 0.3) is 0 Å². The van der Waals surface area contributed by atoms with Crippen LogP contribution >= 0.6 is 0 Å². The molecule has 1 aromatic carbocycles. The third-order valence-electron chi connectivity index (χ3n) is 3.87. The monoisotopic (exact) mass is 319 g/mol. The topological polar surface area (TPSA) is 35.5 Å². The first-order valence-electron chi connectivity index (χ1n) is 9.00. The van der Waals surface area contributed by atoms with Gasteiger partial charge in [0, 0.05) is 0 Å². The van der Waals surface area contributed by atoms with Crippen molar-refractivity contribution < 1.29 is 14.6 Å². The molecule has 0 unspecified atom stereocenters. The predicted octanol–water partition coefficient (Wildman–Crippen LogP) is 5.68. The summed E-state index contributed by atoms with van der Waals surface area (Å²) in [7, 11) is 0. The predicted molar refractivity (Wildman–Crippen MR) is 94.1 cm³/mol. The van der Waals surface area contributed by atoms with Crippen molar-refractivity contribution in [2.45, 2.75) is 71.1 Å². The van der Waals surface area contributed by atoms with Gasteiger partial charge in [-0.25, -0.2) is 4.79 Å². The van der Waals surface area contributed by atoms with Crippen LogP contribution in [0.15, 0.2) is 24.3 Å². The average Bonchev–Trinajstić information content (AvgIpc) is 2.58. The summed E-state index contributed by atoms with van der Waals surface area (Å²) in [5, 5.41) is 0. The van der Waals surface area contributed by atoms with Crippen LogP contribution in [0, 0.1) is 6.92 Å². The number of carbonyl (C=O) groups excluding carboxylic acids is 1. The van der Waals surface area contributed by atoms with Crippen molar-refractivity contribution in [1.82, 2.24) is 0 Å². The zero-order valence-electron chi connectivity index (χ0n) is 14.5. The van der Waals surface area contributed by atoms with E-state index >= 15 is 0 Å². The van der Waals surface area contributed by atoms with Gasteiger partial charge in [0.1, 0.15) is 0 Å². The fraction of sp³-hybridized carbons (Fsp3) is 0.600. The van der Waals surface area contributed by atoms with E-state index in [1.165, 1.54) is 44.1 Å². The zero-order chi connectivity index (χ0) is 16.8. The Morgan fingerprint density at radius 1 is 0.957 bits per heavy atom. The Hall–Kier alpha value is -1.35. The van der Waals surface area contributed by atoms with Gasteiger partial charge < -0.3 is 0 Å². The number of aryl methyl sites for hydroxylation is 1. The molecule has 0 atom stereocenters. The largest absolute Gasteiger partial charge is 0.373 e. The lowest BCUT2D eigenvalue weighted by Crippen LogP contribution is -2.07. The van der Waals surface area contributed by atoms with Crippen molar-refractivity contribution in [3.05, 3.63) is 42.3 Å². The van der Waals surface area contributed by atoms with Gasteiger partial charge in [-0.1, -0.05) is 70.9 Å². The molecule has 0 aliphatic heterocycles. The van der Waals surface area contributed by atoms with Crippen molar-refractivity contribution in [3.8, 4) is 0 Å². The number of hydrogen-bond donors (Lipinski definition) is 0. The molecule has 0 N–H and O–H groups in total. The second kappa shape index (κ2) is 13.1. The van der Waals surface area contributed by atoms with Crippen LogP contribution < -0.4 is 0 Å². The lowest BCUT2D eigenvalue weighted by atomic mass is 10.1. The number of carbonyl (C=O) groups is 1. The summed E-state index contributed by atoms with van der Waals surface area (Å²) in [5.41, 5.74) is 1.80. The lowest BCUT2D eigenvalue weighted by Gasteiger charge is -2.05. The standard InChI is InChI=1S/C20H31O3/c1-3-5-7-8-9-11-17-22-23-20(21)19-15-13-18(14-16-19)12-10-6-4-2/h13-16H,1,3-12,17H2,2H3. The summed E-state index contributed by atoms with van der Waals surface area (Å²) in [5.74, 6) is -0.415. The number of hydrogen-bond acceptors (Lipinski definition) is 3. The molecule has 0 heterocycles.